The lowest BCUT2D eigenvalue weighted by molar-refractivity contribution is 0.0661. The molecule has 0 radical (unpaired) electrons. The second-order valence-corrected chi connectivity index (χ2v) is 6.33. The van der Waals surface area contributed by atoms with Gasteiger partial charge in [-0.25, -0.2) is 4.79 Å². The van der Waals surface area contributed by atoms with E-state index in [1.807, 2.05) is 51.1 Å². The lowest BCUT2D eigenvalue weighted by atomic mass is 10.1. The van der Waals surface area contributed by atoms with Crippen molar-refractivity contribution < 1.29 is 9.59 Å². The number of urea groups is 1. The molecule has 5 heteroatoms. The highest BCUT2D eigenvalue weighted by Gasteiger charge is 2.26. The fourth-order valence-electron chi connectivity index (χ4n) is 2.28. The summed E-state index contributed by atoms with van der Waals surface area (Å²) in [5.41, 5.74) is 0.457. The Morgan fingerprint density at radius 1 is 0.952 bits per heavy atom. The van der Waals surface area contributed by atoms with Gasteiger partial charge in [-0.05, 0) is 32.9 Å². The zero-order valence-electron chi connectivity index (χ0n) is 12.9. The van der Waals surface area contributed by atoms with Crippen LogP contribution in [0.5, 0.6) is 0 Å². The normalized spacial score (nSPS) is 15.8. The van der Waals surface area contributed by atoms with Gasteiger partial charge in [0.25, 0.3) is 5.91 Å². The van der Waals surface area contributed by atoms with Gasteiger partial charge in [0.15, 0.2) is 0 Å². The van der Waals surface area contributed by atoms with E-state index in [2.05, 4.69) is 5.32 Å². The molecule has 21 heavy (non-hydrogen) atoms. The zero-order chi connectivity index (χ0) is 15.5. The van der Waals surface area contributed by atoms with Gasteiger partial charge in [0.05, 0.1) is 0 Å². The fourth-order valence-corrected chi connectivity index (χ4v) is 2.28. The van der Waals surface area contributed by atoms with Crippen LogP contribution in [0.4, 0.5) is 4.79 Å². The number of piperazine rings is 1. The van der Waals surface area contributed by atoms with Gasteiger partial charge in [0, 0.05) is 37.3 Å². The summed E-state index contributed by atoms with van der Waals surface area (Å²) in [6, 6.07) is 9.20. The Hall–Kier alpha value is -2.04. The van der Waals surface area contributed by atoms with Gasteiger partial charge in [-0.2, -0.15) is 0 Å². The summed E-state index contributed by atoms with van der Waals surface area (Å²) in [4.78, 5) is 27.9. The molecule has 1 aliphatic heterocycles. The van der Waals surface area contributed by atoms with Gasteiger partial charge in [-0.3, -0.25) is 4.79 Å². The van der Waals surface area contributed by atoms with E-state index in [4.69, 9.17) is 0 Å². The van der Waals surface area contributed by atoms with Crippen LogP contribution in [0, 0.1) is 0 Å². The number of hydrogen-bond donors (Lipinski definition) is 1. The van der Waals surface area contributed by atoms with E-state index in [0.29, 0.717) is 31.7 Å². The molecule has 0 unspecified atom stereocenters. The summed E-state index contributed by atoms with van der Waals surface area (Å²) in [5.74, 6) is 0.0338. The molecule has 3 amide bonds. The van der Waals surface area contributed by atoms with Crippen LogP contribution in [0.2, 0.25) is 0 Å². The molecule has 0 bridgehead atoms. The summed E-state index contributed by atoms with van der Waals surface area (Å²) in [6.45, 7) is 8.16. The van der Waals surface area contributed by atoms with Gasteiger partial charge >= 0.3 is 6.03 Å². The van der Waals surface area contributed by atoms with E-state index in [9.17, 15) is 9.59 Å². The van der Waals surface area contributed by atoms with Crippen molar-refractivity contribution in [2.24, 2.45) is 0 Å². The Balaban J connectivity index is 1.89. The summed E-state index contributed by atoms with van der Waals surface area (Å²) in [5, 5.41) is 2.95. The molecule has 1 aromatic carbocycles. The fraction of sp³-hybridized carbons (Fsp3) is 0.500. The molecule has 1 aromatic rings. The van der Waals surface area contributed by atoms with E-state index in [-0.39, 0.29) is 17.5 Å². The first kappa shape index (κ1) is 15.4. The number of amides is 3. The molecule has 1 saturated heterocycles. The highest BCUT2D eigenvalue weighted by Crippen LogP contribution is 2.10. The third kappa shape index (κ3) is 4.21. The van der Waals surface area contributed by atoms with E-state index in [1.54, 1.807) is 9.80 Å². The Bertz CT molecular complexity index is 500. The predicted octanol–water partition coefficient (Wildman–Crippen LogP) is 1.95. The smallest absolute Gasteiger partial charge is 0.317 e. The molecule has 0 aromatic heterocycles. The van der Waals surface area contributed by atoms with E-state index in [0.717, 1.165) is 0 Å². The molecule has 0 atom stereocenters. The monoisotopic (exact) mass is 289 g/mol. The van der Waals surface area contributed by atoms with Crippen molar-refractivity contribution in [2.45, 2.75) is 26.3 Å². The number of nitrogens with one attached hydrogen (secondary N) is 1. The Labute approximate surface area is 125 Å². The Morgan fingerprint density at radius 3 is 2.00 bits per heavy atom. The number of benzene rings is 1. The molecule has 5 nitrogen and oxygen atoms in total. The predicted molar refractivity (Wildman–Crippen MR) is 82.2 cm³/mol. The average Bonchev–Trinajstić information content (AvgIpc) is 2.46. The Morgan fingerprint density at radius 2 is 1.48 bits per heavy atom. The number of nitrogens with zero attached hydrogens (tertiary/aromatic N) is 2. The van der Waals surface area contributed by atoms with Crippen LogP contribution in [0.25, 0.3) is 0 Å². The average molecular weight is 289 g/mol. The topological polar surface area (TPSA) is 52.7 Å². The number of hydrogen-bond acceptors (Lipinski definition) is 2. The van der Waals surface area contributed by atoms with Crippen molar-refractivity contribution in [1.29, 1.82) is 0 Å². The second-order valence-electron chi connectivity index (χ2n) is 6.33. The zero-order valence-corrected chi connectivity index (χ0v) is 12.9. The molecule has 1 N–H and O–H groups in total. The first-order valence-electron chi connectivity index (χ1n) is 7.28. The van der Waals surface area contributed by atoms with Gasteiger partial charge in [-0.1, -0.05) is 18.2 Å². The molecule has 0 saturated carbocycles. The van der Waals surface area contributed by atoms with E-state index >= 15 is 0 Å². The Kier molecular flexibility index (Phi) is 4.50. The largest absolute Gasteiger partial charge is 0.335 e. The quantitative estimate of drug-likeness (QED) is 0.859. The van der Waals surface area contributed by atoms with E-state index in [1.165, 1.54) is 0 Å². The minimum absolute atomic E-state index is 0.0338. The summed E-state index contributed by atoms with van der Waals surface area (Å²) in [6.07, 6.45) is 0. The highest BCUT2D eigenvalue weighted by atomic mass is 16.2. The van der Waals surface area contributed by atoms with Crippen LogP contribution in [0.1, 0.15) is 31.1 Å². The number of carbonyl (C=O) groups is 2. The first-order chi connectivity index (χ1) is 9.87. The van der Waals surface area contributed by atoms with Crippen molar-refractivity contribution in [3.63, 3.8) is 0 Å². The van der Waals surface area contributed by atoms with Gasteiger partial charge in [-0.15, -0.1) is 0 Å². The van der Waals surface area contributed by atoms with E-state index < -0.39 is 0 Å². The van der Waals surface area contributed by atoms with Crippen molar-refractivity contribution >= 4 is 11.9 Å². The summed E-state index contributed by atoms with van der Waals surface area (Å²) in [7, 11) is 0. The molecule has 1 heterocycles. The maximum absolute atomic E-state index is 12.3. The van der Waals surface area contributed by atoms with Gasteiger partial charge in [0.2, 0.25) is 0 Å². The standard InChI is InChI=1S/C16H23N3O2/c1-16(2,3)17-15(21)19-11-9-18(10-12-19)14(20)13-7-5-4-6-8-13/h4-8H,9-12H2,1-3H3,(H,17,21). The van der Waals surface area contributed by atoms with Crippen LogP contribution in [-0.2, 0) is 0 Å². The lowest BCUT2D eigenvalue weighted by Crippen LogP contribution is -2.56. The third-order valence-corrected chi connectivity index (χ3v) is 3.36. The SMILES string of the molecule is CC(C)(C)NC(=O)N1CCN(C(=O)c2ccccc2)CC1. The lowest BCUT2D eigenvalue weighted by Gasteiger charge is -2.36. The van der Waals surface area contributed by atoms with Crippen LogP contribution < -0.4 is 5.32 Å². The van der Waals surface area contributed by atoms with Crippen molar-refractivity contribution in [3.05, 3.63) is 35.9 Å². The maximum atomic E-state index is 12.3. The molecular weight excluding hydrogens is 266 g/mol. The molecule has 1 fully saturated rings. The summed E-state index contributed by atoms with van der Waals surface area (Å²) >= 11 is 0. The number of carbonyl (C=O) groups excluding carboxylic acids is 2. The third-order valence-electron chi connectivity index (χ3n) is 3.36. The maximum Gasteiger partial charge on any atom is 0.317 e. The van der Waals surface area contributed by atoms with Crippen LogP contribution in [-0.4, -0.2) is 53.5 Å². The molecule has 0 aliphatic carbocycles. The van der Waals surface area contributed by atoms with Crippen molar-refractivity contribution in [1.82, 2.24) is 15.1 Å². The molecular formula is C16H23N3O2. The first-order valence-corrected chi connectivity index (χ1v) is 7.28. The van der Waals surface area contributed by atoms with Gasteiger partial charge < -0.3 is 15.1 Å². The molecule has 0 spiro atoms. The molecule has 2 rings (SSSR count). The van der Waals surface area contributed by atoms with Crippen LogP contribution >= 0.6 is 0 Å². The minimum Gasteiger partial charge on any atom is -0.335 e. The highest BCUT2D eigenvalue weighted by molar-refractivity contribution is 5.94. The second kappa shape index (κ2) is 6.16. The molecule has 114 valence electrons. The van der Waals surface area contributed by atoms with Crippen molar-refractivity contribution in [3.8, 4) is 0 Å². The molecule has 1 aliphatic rings. The van der Waals surface area contributed by atoms with Crippen LogP contribution in [0.3, 0.4) is 0 Å². The summed E-state index contributed by atoms with van der Waals surface area (Å²) < 4.78 is 0. The van der Waals surface area contributed by atoms with Gasteiger partial charge in [0.1, 0.15) is 0 Å². The van der Waals surface area contributed by atoms with Crippen LogP contribution in [0.15, 0.2) is 30.3 Å². The number of rotatable bonds is 1. The van der Waals surface area contributed by atoms with Crippen molar-refractivity contribution in [2.75, 3.05) is 26.2 Å². The minimum atomic E-state index is -0.242.